The Morgan fingerprint density at radius 2 is 2.11 bits per heavy atom. The zero-order chi connectivity index (χ0) is 13.8. The first kappa shape index (κ1) is 13.9. The molecule has 5 heteroatoms. The van der Waals surface area contributed by atoms with E-state index in [1.807, 2.05) is 6.07 Å². The minimum absolute atomic E-state index is 0.102. The van der Waals surface area contributed by atoms with Crippen LogP contribution < -0.4 is 5.32 Å². The van der Waals surface area contributed by atoms with E-state index in [4.69, 9.17) is 16.9 Å². The molecule has 1 N–H and O–H groups in total. The van der Waals surface area contributed by atoms with Crippen LogP contribution in [-0.2, 0) is 6.54 Å². The molecule has 0 aromatic heterocycles. The van der Waals surface area contributed by atoms with Gasteiger partial charge >= 0.3 is 0 Å². The van der Waals surface area contributed by atoms with Gasteiger partial charge in [0, 0.05) is 11.0 Å². The fourth-order valence-electron chi connectivity index (χ4n) is 1.64. The van der Waals surface area contributed by atoms with Gasteiger partial charge in [-0.3, -0.25) is 0 Å². The van der Waals surface area contributed by atoms with Gasteiger partial charge in [0.25, 0.3) is 0 Å². The van der Waals surface area contributed by atoms with Crippen LogP contribution in [-0.4, -0.2) is 0 Å². The minimum Gasteiger partial charge on any atom is -0.380 e. The lowest BCUT2D eigenvalue weighted by atomic mass is 10.1. The fraction of sp³-hybridized carbons (Fsp3) is 0.0714. The summed E-state index contributed by atoms with van der Waals surface area (Å²) < 4.78 is 14.1. The first-order valence-corrected chi connectivity index (χ1v) is 6.65. The number of nitrogens with zero attached hydrogens (tertiary/aromatic N) is 1. The second-order valence-corrected chi connectivity index (χ2v) is 5.16. The van der Waals surface area contributed by atoms with Gasteiger partial charge in [0.1, 0.15) is 11.9 Å². The van der Waals surface area contributed by atoms with Crippen LogP contribution in [0.4, 0.5) is 10.1 Å². The van der Waals surface area contributed by atoms with Crippen LogP contribution >= 0.6 is 27.5 Å². The van der Waals surface area contributed by atoms with Gasteiger partial charge in [-0.15, -0.1) is 0 Å². The minimum atomic E-state index is -0.447. The van der Waals surface area contributed by atoms with E-state index in [-0.39, 0.29) is 5.02 Å². The van der Waals surface area contributed by atoms with E-state index < -0.39 is 5.82 Å². The van der Waals surface area contributed by atoms with Crippen molar-refractivity contribution in [2.45, 2.75) is 6.54 Å². The van der Waals surface area contributed by atoms with Crippen LogP contribution in [0.15, 0.2) is 40.9 Å². The highest BCUT2D eigenvalue weighted by atomic mass is 79.9. The number of rotatable bonds is 3. The predicted molar refractivity (Wildman–Crippen MR) is 77.6 cm³/mol. The topological polar surface area (TPSA) is 35.8 Å². The highest BCUT2D eigenvalue weighted by molar-refractivity contribution is 9.10. The Morgan fingerprint density at radius 3 is 2.84 bits per heavy atom. The molecule has 0 spiro atoms. The molecule has 0 aliphatic rings. The normalized spacial score (nSPS) is 10.0. The van der Waals surface area contributed by atoms with E-state index in [0.717, 1.165) is 4.47 Å². The van der Waals surface area contributed by atoms with Gasteiger partial charge in [-0.2, -0.15) is 5.26 Å². The molecule has 2 rings (SSSR count). The molecule has 0 bridgehead atoms. The Kier molecular flexibility index (Phi) is 4.41. The number of hydrogen-bond donors (Lipinski definition) is 1. The van der Waals surface area contributed by atoms with Gasteiger partial charge < -0.3 is 5.32 Å². The number of benzene rings is 2. The van der Waals surface area contributed by atoms with Crippen LogP contribution in [0.1, 0.15) is 11.1 Å². The standard InChI is InChI=1S/C14H9BrClFN2/c15-11-4-5-13(10(6-11)7-18)19-8-9-2-1-3-12(17)14(9)16/h1-6,19H,8H2. The molecular weight excluding hydrogens is 331 g/mol. The number of anilines is 1. The van der Waals surface area contributed by atoms with Crippen molar-refractivity contribution in [3.05, 3.63) is 62.8 Å². The van der Waals surface area contributed by atoms with Gasteiger partial charge in [-0.05, 0) is 29.8 Å². The first-order valence-electron chi connectivity index (χ1n) is 5.48. The van der Waals surface area contributed by atoms with Crippen LogP contribution in [0, 0.1) is 17.1 Å². The summed E-state index contributed by atoms with van der Waals surface area (Å²) in [5.74, 6) is -0.447. The summed E-state index contributed by atoms with van der Waals surface area (Å²) in [5, 5.41) is 12.2. The van der Waals surface area contributed by atoms with Gasteiger partial charge in [-0.1, -0.05) is 39.7 Å². The second kappa shape index (κ2) is 6.05. The quantitative estimate of drug-likeness (QED) is 0.878. The third-order valence-corrected chi connectivity index (χ3v) is 3.52. The number of nitrogens with one attached hydrogen (secondary N) is 1. The van der Waals surface area contributed by atoms with Crippen molar-refractivity contribution < 1.29 is 4.39 Å². The molecule has 2 aromatic carbocycles. The Balaban J connectivity index is 2.20. The molecule has 0 saturated carbocycles. The Morgan fingerprint density at radius 1 is 1.32 bits per heavy atom. The maximum absolute atomic E-state index is 13.3. The third kappa shape index (κ3) is 3.25. The molecule has 0 aliphatic heterocycles. The third-order valence-electron chi connectivity index (χ3n) is 2.60. The summed E-state index contributed by atoms with van der Waals surface area (Å²) in [7, 11) is 0. The summed E-state index contributed by atoms with van der Waals surface area (Å²) in [5.41, 5.74) is 1.85. The second-order valence-electron chi connectivity index (χ2n) is 3.87. The van der Waals surface area contributed by atoms with Crippen molar-refractivity contribution in [3.63, 3.8) is 0 Å². The molecule has 0 atom stereocenters. The van der Waals surface area contributed by atoms with Gasteiger partial charge in [0.15, 0.2) is 0 Å². The van der Waals surface area contributed by atoms with E-state index in [2.05, 4.69) is 27.3 Å². The van der Waals surface area contributed by atoms with E-state index in [0.29, 0.717) is 23.4 Å². The van der Waals surface area contributed by atoms with Crippen LogP contribution in [0.2, 0.25) is 5.02 Å². The molecule has 0 saturated heterocycles. The van der Waals surface area contributed by atoms with Crippen LogP contribution in [0.5, 0.6) is 0 Å². The largest absolute Gasteiger partial charge is 0.380 e. The van der Waals surface area contributed by atoms with Gasteiger partial charge in [0.2, 0.25) is 0 Å². The lowest BCUT2D eigenvalue weighted by Crippen LogP contribution is -2.02. The van der Waals surface area contributed by atoms with Crippen LogP contribution in [0.25, 0.3) is 0 Å². The van der Waals surface area contributed by atoms with Crippen molar-refractivity contribution in [2.75, 3.05) is 5.32 Å². The average Bonchev–Trinajstić information content (AvgIpc) is 2.41. The molecule has 0 amide bonds. The summed E-state index contributed by atoms with van der Waals surface area (Å²) in [6, 6.07) is 12.1. The molecule has 0 heterocycles. The average molecular weight is 340 g/mol. The molecule has 0 radical (unpaired) electrons. The van der Waals surface area contributed by atoms with Crippen LogP contribution in [0.3, 0.4) is 0 Å². The lowest BCUT2D eigenvalue weighted by Gasteiger charge is -2.10. The molecule has 0 unspecified atom stereocenters. The van der Waals surface area contributed by atoms with Gasteiger partial charge in [-0.25, -0.2) is 4.39 Å². The Hall–Kier alpha value is -1.57. The summed E-state index contributed by atoms with van der Waals surface area (Å²) >= 11 is 9.18. The van der Waals surface area contributed by atoms with Crippen molar-refractivity contribution in [1.29, 1.82) is 5.26 Å². The predicted octanol–water partition coefficient (Wildman–Crippen LogP) is 4.73. The molecule has 96 valence electrons. The molecular formula is C14H9BrClFN2. The summed E-state index contributed by atoms with van der Waals surface area (Å²) in [6.07, 6.45) is 0. The zero-order valence-electron chi connectivity index (χ0n) is 9.75. The molecule has 0 fully saturated rings. The first-order chi connectivity index (χ1) is 9.11. The number of nitriles is 1. The summed E-state index contributed by atoms with van der Waals surface area (Å²) in [4.78, 5) is 0. The van der Waals surface area contributed by atoms with Crippen molar-refractivity contribution in [2.24, 2.45) is 0 Å². The van der Waals surface area contributed by atoms with Crippen molar-refractivity contribution >= 4 is 33.2 Å². The van der Waals surface area contributed by atoms with Gasteiger partial charge in [0.05, 0.1) is 16.3 Å². The fourth-order valence-corrected chi connectivity index (χ4v) is 2.19. The highest BCUT2D eigenvalue weighted by Gasteiger charge is 2.07. The molecule has 19 heavy (non-hydrogen) atoms. The summed E-state index contributed by atoms with van der Waals surface area (Å²) in [6.45, 7) is 0.354. The maximum atomic E-state index is 13.3. The lowest BCUT2D eigenvalue weighted by molar-refractivity contribution is 0.626. The maximum Gasteiger partial charge on any atom is 0.142 e. The van der Waals surface area contributed by atoms with Crippen molar-refractivity contribution in [3.8, 4) is 6.07 Å². The molecule has 2 aromatic rings. The Labute approximate surface area is 123 Å². The highest BCUT2D eigenvalue weighted by Crippen LogP contribution is 2.23. The number of hydrogen-bond acceptors (Lipinski definition) is 2. The number of halogens is 3. The SMILES string of the molecule is N#Cc1cc(Br)ccc1NCc1cccc(F)c1Cl. The monoisotopic (exact) mass is 338 g/mol. The van der Waals surface area contributed by atoms with Crippen molar-refractivity contribution in [1.82, 2.24) is 0 Å². The van der Waals surface area contributed by atoms with E-state index in [9.17, 15) is 4.39 Å². The van der Waals surface area contributed by atoms with E-state index in [1.54, 1.807) is 24.3 Å². The molecule has 0 aliphatic carbocycles. The van der Waals surface area contributed by atoms with E-state index in [1.165, 1.54) is 6.07 Å². The smallest absolute Gasteiger partial charge is 0.142 e. The Bertz CT molecular complexity index is 652. The van der Waals surface area contributed by atoms with E-state index >= 15 is 0 Å². The zero-order valence-corrected chi connectivity index (χ0v) is 12.1. The molecule has 2 nitrogen and oxygen atoms in total.